The summed E-state index contributed by atoms with van der Waals surface area (Å²) in [5.74, 6) is -0.155. The van der Waals surface area contributed by atoms with Crippen LogP contribution in [0.25, 0.3) is 0 Å². The molecule has 2 saturated carbocycles. The lowest BCUT2D eigenvalue weighted by molar-refractivity contribution is -0.144. The van der Waals surface area contributed by atoms with E-state index in [1.807, 2.05) is 4.90 Å². The Morgan fingerprint density at radius 3 is 2.35 bits per heavy atom. The van der Waals surface area contributed by atoms with Gasteiger partial charge in [-0.2, -0.15) is 0 Å². The fourth-order valence-electron chi connectivity index (χ4n) is 2.64. The third-order valence-electron chi connectivity index (χ3n) is 4.10. The Labute approximate surface area is 103 Å². The Balaban J connectivity index is 1.96. The fraction of sp³-hybridized carbons (Fsp3) is 0.846. The van der Waals surface area contributed by atoms with Gasteiger partial charge in [-0.3, -0.25) is 9.59 Å². The third kappa shape index (κ3) is 2.45. The third-order valence-corrected chi connectivity index (χ3v) is 4.10. The van der Waals surface area contributed by atoms with E-state index < -0.39 is 5.41 Å². The molecule has 0 unspecified atom stereocenters. The second-order valence-corrected chi connectivity index (χ2v) is 5.49. The van der Waals surface area contributed by atoms with Crippen molar-refractivity contribution < 1.29 is 9.59 Å². The lowest BCUT2D eigenvalue weighted by atomic mass is 9.66. The first-order valence-corrected chi connectivity index (χ1v) is 6.68. The summed E-state index contributed by atoms with van der Waals surface area (Å²) in [5.41, 5.74) is 4.92. The summed E-state index contributed by atoms with van der Waals surface area (Å²) in [6.45, 7) is 2.90. The van der Waals surface area contributed by atoms with Gasteiger partial charge in [-0.1, -0.05) is 13.3 Å². The molecule has 2 N–H and O–H groups in total. The van der Waals surface area contributed by atoms with Crippen molar-refractivity contribution in [3.8, 4) is 0 Å². The number of nitrogens with two attached hydrogens (primary N) is 1. The van der Waals surface area contributed by atoms with E-state index >= 15 is 0 Å². The van der Waals surface area contributed by atoms with Gasteiger partial charge in [-0.05, 0) is 32.1 Å². The summed E-state index contributed by atoms with van der Waals surface area (Å²) < 4.78 is 0. The van der Waals surface area contributed by atoms with Crippen molar-refractivity contribution >= 4 is 11.8 Å². The number of carbonyl (C=O) groups excluding carboxylic acids is 2. The van der Waals surface area contributed by atoms with E-state index in [2.05, 4.69) is 6.92 Å². The molecule has 0 bridgehead atoms. The maximum absolute atomic E-state index is 12.2. The molecule has 4 nitrogen and oxygen atoms in total. The molecular formula is C13H22N2O2. The molecule has 0 aromatic heterocycles. The van der Waals surface area contributed by atoms with Crippen LogP contribution in [0.15, 0.2) is 0 Å². The first-order valence-electron chi connectivity index (χ1n) is 6.68. The van der Waals surface area contributed by atoms with Crippen molar-refractivity contribution in [3.63, 3.8) is 0 Å². The standard InChI is InChI=1S/C13H22N2O2/c1-2-8-15(10-4-5-10)11(16)9-13(12(14)17)6-3-7-13/h10H,2-9H2,1H3,(H2,14,17). The molecule has 0 aromatic carbocycles. The minimum atomic E-state index is -0.516. The molecule has 96 valence electrons. The molecule has 17 heavy (non-hydrogen) atoms. The highest BCUT2D eigenvalue weighted by Gasteiger charge is 2.46. The predicted molar refractivity (Wildman–Crippen MR) is 65.1 cm³/mol. The Hall–Kier alpha value is -1.06. The Bertz CT molecular complexity index is 319. The van der Waals surface area contributed by atoms with Gasteiger partial charge in [0.25, 0.3) is 0 Å². The van der Waals surface area contributed by atoms with Crippen LogP contribution in [0.4, 0.5) is 0 Å². The highest BCUT2D eigenvalue weighted by atomic mass is 16.2. The molecule has 4 heteroatoms. The maximum Gasteiger partial charge on any atom is 0.224 e. The van der Waals surface area contributed by atoms with Crippen LogP contribution in [0, 0.1) is 5.41 Å². The maximum atomic E-state index is 12.2. The number of nitrogens with zero attached hydrogens (tertiary/aromatic N) is 1. The normalized spacial score (nSPS) is 21.7. The van der Waals surface area contributed by atoms with E-state index in [1.165, 1.54) is 0 Å². The summed E-state index contributed by atoms with van der Waals surface area (Å²) in [5, 5.41) is 0. The van der Waals surface area contributed by atoms with Gasteiger partial charge in [0, 0.05) is 19.0 Å². The molecular weight excluding hydrogens is 216 g/mol. The van der Waals surface area contributed by atoms with Gasteiger partial charge in [-0.25, -0.2) is 0 Å². The van der Waals surface area contributed by atoms with Gasteiger partial charge in [0.05, 0.1) is 5.41 Å². The van der Waals surface area contributed by atoms with Crippen molar-refractivity contribution in [1.29, 1.82) is 0 Å². The van der Waals surface area contributed by atoms with Crippen LogP contribution in [0.5, 0.6) is 0 Å². The van der Waals surface area contributed by atoms with Crippen molar-refractivity contribution in [1.82, 2.24) is 4.90 Å². The minimum absolute atomic E-state index is 0.132. The van der Waals surface area contributed by atoms with Crippen LogP contribution in [-0.2, 0) is 9.59 Å². The summed E-state index contributed by atoms with van der Waals surface area (Å²) >= 11 is 0. The molecule has 0 saturated heterocycles. The molecule has 2 fully saturated rings. The van der Waals surface area contributed by atoms with E-state index in [9.17, 15) is 9.59 Å². The van der Waals surface area contributed by atoms with Crippen molar-refractivity contribution in [2.24, 2.45) is 11.1 Å². The van der Waals surface area contributed by atoms with Crippen LogP contribution >= 0.6 is 0 Å². The van der Waals surface area contributed by atoms with Crippen LogP contribution in [-0.4, -0.2) is 29.3 Å². The Morgan fingerprint density at radius 2 is 2.00 bits per heavy atom. The predicted octanol–water partition coefficient (Wildman–Crippen LogP) is 1.43. The van der Waals surface area contributed by atoms with Gasteiger partial charge in [0.2, 0.25) is 11.8 Å². The van der Waals surface area contributed by atoms with E-state index in [0.29, 0.717) is 12.5 Å². The molecule has 0 heterocycles. The lowest BCUT2D eigenvalue weighted by Gasteiger charge is -2.39. The van der Waals surface area contributed by atoms with Crippen LogP contribution in [0.2, 0.25) is 0 Å². The molecule has 2 aliphatic carbocycles. The summed E-state index contributed by atoms with van der Waals surface area (Å²) in [6.07, 6.45) is 6.15. The molecule has 2 rings (SSSR count). The highest BCUT2D eigenvalue weighted by molar-refractivity contribution is 5.88. The largest absolute Gasteiger partial charge is 0.369 e. The zero-order valence-corrected chi connectivity index (χ0v) is 10.6. The van der Waals surface area contributed by atoms with Gasteiger partial charge >= 0.3 is 0 Å². The number of hydrogen-bond donors (Lipinski definition) is 1. The molecule has 2 aliphatic rings. The van der Waals surface area contributed by atoms with Crippen LogP contribution in [0.3, 0.4) is 0 Å². The Kier molecular flexibility index (Phi) is 3.40. The Morgan fingerprint density at radius 1 is 1.35 bits per heavy atom. The van der Waals surface area contributed by atoms with E-state index in [-0.39, 0.29) is 11.8 Å². The highest BCUT2D eigenvalue weighted by Crippen LogP contribution is 2.44. The molecule has 0 aromatic rings. The number of amides is 2. The van der Waals surface area contributed by atoms with Gasteiger partial charge < -0.3 is 10.6 Å². The zero-order chi connectivity index (χ0) is 12.5. The summed E-state index contributed by atoms with van der Waals surface area (Å²) in [4.78, 5) is 25.7. The van der Waals surface area contributed by atoms with Gasteiger partial charge in [0.1, 0.15) is 0 Å². The smallest absolute Gasteiger partial charge is 0.224 e. The summed E-state index contributed by atoms with van der Waals surface area (Å²) in [6, 6.07) is 0.437. The number of primary amides is 1. The van der Waals surface area contributed by atoms with Crippen molar-refractivity contribution in [2.75, 3.05) is 6.54 Å². The van der Waals surface area contributed by atoms with E-state index in [0.717, 1.165) is 45.1 Å². The summed E-state index contributed by atoms with van der Waals surface area (Å²) in [7, 11) is 0. The average molecular weight is 238 g/mol. The molecule has 0 radical (unpaired) electrons. The van der Waals surface area contributed by atoms with E-state index in [1.54, 1.807) is 0 Å². The SMILES string of the molecule is CCCN(C(=O)CC1(C(N)=O)CCC1)C1CC1. The van der Waals surface area contributed by atoms with Crippen molar-refractivity contribution in [3.05, 3.63) is 0 Å². The topological polar surface area (TPSA) is 63.4 Å². The number of hydrogen-bond acceptors (Lipinski definition) is 2. The monoisotopic (exact) mass is 238 g/mol. The quantitative estimate of drug-likeness (QED) is 0.761. The zero-order valence-electron chi connectivity index (χ0n) is 10.6. The van der Waals surface area contributed by atoms with E-state index in [4.69, 9.17) is 5.73 Å². The number of rotatable bonds is 6. The van der Waals surface area contributed by atoms with Gasteiger partial charge in [0.15, 0.2) is 0 Å². The first-order chi connectivity index (χ1) is 8.09. The van der Waals surface area contributed by atoms with Gasteiger partial charge in [-0.15, -0.1) is 0 Å². The van der Waals surface area contributed by atoms with Crippen LogP contribution in [0.1, 0.15) is 51.9 Å². The second kappa shape index (κ2) is 4.67. The first kappa shape index (κ1) is 12.4. The van der Waals surface area contributed by atoms with Crippen LogP contribution < -0.4 is 5.73 Å². The fourth-order valence-corrected chi connectivity index (χ4v) is 2.64. The lowest BCUT2D eigenvalue weighted by Crippen LogP contribution is -2.47. The average Bonchev–Trinajstić information content (AvgIpc) is 3.02. The molecule has 0 aliphatic heterocycles. The minimum Gasteiger partial charge on any atom is -0.369 e. The number of carbonyl (C=O) groups is 2. The second-order valence-electron chi connectivity index (χ2n) is 5.49. The molecule has 0 atom stereocenters. The molecule has 0 spiro atoms. The molecule has 2 amide bonds. The van der Waals surface area contributed by atoms with Crippen molar-refractivity contribution in [2.45, 2.75) is 57.9 Å².